The Kier molecular flexibility index (Phi) is 19.4. The summed E-state index contributed by atoms with van der Waals surface area (Å²) in [6, 6.07) is 18.7. The maximum Gasteiger partial charge on any atom is 2.00 e. The van der Waals surface area contributed by atoms with Gasteiger partial charge in [-0.05, 0) is 0 Å². The number of isothiocyanates is 2. The Morgan fingerprint density at radius 3 is 1.30 bits per heavy atom. The van der Waals surface area contributed by atoms with Crippen molar-refractivity contribution in [3.8, 4) is 0 Å². The van der Waals surface area contributed by atoms with Crippen LogP contribution in [0.25, 0.3) is 10.8 Å². The van der Waals surface area contributed by atoms with Crippen LogP contribution < -0.4 is 0 Å². The van der Waals surface area contributed by atoms with Crippen LogP contribution in [0.5, 0.6) is 0 Å². The van der Waals surface area contributed by atoms with Gasteiger partial charge in [-0.1, -0.05) is 85.1 Å². The van der Waals surface area contributed by atoms with Crippen LogP contribution in [-0.2, 0) is 30.2 Å². The van der Waals surface area contributed by atoms with Crippen LogP contribution in [0.4, 0.5) is 0 Å². The molecule has 2 heterocycles. The molecule has 0 N–H and O–H groups in total. The Balaban J connectivity index is 0.000000566. The number of hydrogen-bond donors (Lipinski definition) is 0. The minimum atomic E-state index is 0. The van der Waals surface area contributed by atoms with Gasteiger partial charge in [0.15, 0.2) is 11.6 Å². The maximum atomic E-state index is 11.7. The minimum absolute atomic E-state index is 0. The summed E-state index contributed by atoms with van der Waals surface area (Å²) in [7, 11) is 0. The number of aromatic nitrogens is 4. The number of benzene rings is 2. The molecule has 4 aromatic rings. The van der Waals surface area contributed by atoms with Crippen molar-refractivity contribution in [1.82, 2.24) is 19.1 Å². The summed E-state index contributed by atoms with van der Waals surface area (Å²) in [4.78, 5) is 31.3. The molecule has 189 valence electrons. The largest absolute Gasteiger partial charge is 2.00 e. The first-order valence-electron chi connectivity index (χ1n) is 10.7. The van der Waals surface area contributed by atoms with Crippen LogP contribution in [0, 0.1) is 0 Å². The number of thiocarbonyl (C=S) groups is 2. The summed E-state index contributed by atoms with van der Waals surface area (Å²) in [6.45, 7) is 1.38. The van der Waals surface area contributed by atoms with Gasteiger partial charge >= 0.3 is 17.1 Å². The maximum absolute atomic E-state index is 11.7. The van der Waals surface area contributed by atoms with Crippen molar-refractivity contribution in [2.75, 3.05) is 0 Å². The zero-order chi connectivity index (χ0) is 26.4. The molecule has 2 aromatic carbocycles. The van der Waals surface area contributed by atoms with Crippen LogP contribution in [0.2, 0.25) is 0 Å². The number of Topliss-reactive ketones (excluding diaryl/α,β-unsaturated/α-hetero) is 2. The minimum Gasteiger partial charge on any atom is -0.753 e. The summed E-state index contributed by atoms with van der Waals surface area (Å²) in [5, 5.41) is 16.9. The second-order valence-electron chi connectivity index (χ2n) is 6.86. The molecule has 4 rings (SSSR count). The van der Waals surface area contributed by atoms with Gasteiger partial charge < -0.3 is 20.0 Å². The van der Waals surface area contributed by atoms with E-state index in [4.69, 9.17) is 10.8 Å². The van der Waals surface area contributed by atoms with E-state index in [1.54, 1.807) is 25.0 Å². The molecule has 2 aromatic heterocycles. The van der Waals surface area contributed by atoms with Crippen LogP contribution in [-0.4, -0.2) is 41.0 Å². The molecule has 0 aliphatic carbocycles. The molecular weight excluding hydrogens is 547 g/mol. The van der Waals surface area contributed by atoms with E-state index in [1.807, 2.05) is 82.2 Å². The predicted molar refractivity (Wildman–Crippen MR) is 147 cm³/mol. The number of rotatable bonds is 8. The molecule has 0 saturated heterocycles. The SMILES string of the molecule is O=C(CCn1ccnc1)c1ccccc1.O=C(CCn1ccnc1)c1ccccc1.[Mn+2].[N-]=C=S.[N-]=C=S. The van der Waals surface area contributed by atoms with E-state index in [0.717, 1.165) is 11.1 Å². The van der Waals surface area contributed by atoms with E-state index >= 15 is 0 Å². The Morgan fingerprint density at radius 2 is 1.03 bits per heavy atom. The number of hydrogen-bond acceptors (Lipinski definition) is 6. The van der Waals surface area contributed by atoms with Crippen molar-refractivity contribution in [2.45, 2.75) is 25.9 Å². The summed E-state index contributed by atoms with van der Waals surface area (Å²) >= 11 is 7.40. The van der Waals surface area contributed by atoms with Crippen molar-refractivity contribution < 1.29 is 26.7 Å². The van der Waals surface area contributed by atoms with E-state index in [1.165, 1.54) is 10.3 Å². The van der Waals surface area contributed by atoms with Crippen molar-refractivity contribution in [2.24, 2.45) is 0 Å². The van der Waals surface area contributed by atoms with E-state index in [-0.39, 0.29) is 28.6 Å². The normalized spacial score (nSPS) is 8.65. The molecular formula is C26H24MnN6O2S2. The van der Waals surface area contributed by atoms with Gasteiger partial charge in [0.05, 0.1) is 12.7 Å². The average molecular weight is 572 g/mol. The van der Waals surface area contributed by atoms with Crippen LogP contribution in [0.15, 0.2) is 98.1 Å². The molecule has 0 fully saturated rings. The number of imidazole rings is 2. The quantitative estimate of drug-likeness (QED) is 0.117. The molecule has 0 atom stereocenters. The summed E-state index contributed by atoms with van der Waals surface area (Å²) in [5.41, 5.74) is 1.55. The molecule has 11 heteroatoms. The summed E-state index contributed by atoms with van der Waals surface area (Å²) < 4.78 is 3.81. The molecule has 0 amide bonds. The molecule has 1 radical (unpaired) electrons. The van der Waals surface area contributed by atoms with Crippen molar-refractivity contribution in [3.05, 3.63) is 120 Å². The zero-order valence-electron chi connectivity index (χ0n) is 19.8. The first-order chi connectivity index (χ1) is 17.5. The van der Waals surface area contributed by atoms with E-state index in [0.29, 0.717) is 25.9 Å². The summed E-state index contributed by atoms with van der Waals surface area (Å²) in [5.74, 6) is 0.341. The van der Waals surface area contributed by atoms with Gasteiger partial charge in [-0.2, -0.15) is 10.3 Å². The number of carbonyl (C=O) groups is 2. The number of ketones is 2. The zero-order valence-corrected chi connectivity index (χ0v) is 22.6. The standard InChI is InChI=1S/2C12H12N2O.2CNS.Mn/c2*15-12(11-4-2-1-3-5-11)6-8-14-9-7-13-10-14;2*2-1-3;/h2*1-5,7,9-10H,6,8H2;;;/q;;2*-1;+2. The smallest absolute Gasteiger partial charge is 0.753 e. The number of carbonyl (C=O) groups excluding carboxylic acids is 2. The second-order valence-corrected chi connectivity index (χ2v) is 7.23. The van der Waals surface area contributed by atoms with Gasteiger partial charge in [0.2, 0.25) is 0 Å². The molecule has 0 saturated carbocycles. The van der Waals surface area contributed by atoms with Gasteiger partial charge in [0.25, 0.3) is 0 Å². The predicted octanol–water partition coefficient (Wildman–Crippen LogP) is 5.63. The van der Waals surface area contributed by atoms with Crippen molar-refractivity contribution >= 4 is 46.3 Å². The van der Waals surface area contributed by atoms with E-state index in [9.17, 15) is 9.59 Å². The van der Waals surface area contributed by atoms with Gasteiger partial charge in [-0.3, -0.25) is 9.59 Å². The fourth-order valence-electron chi connectivity index (χ4n) is 2.84. The van der Waals surface area contributed by atoms with Crippen molar-refractivity contribution in [3.63, 3.8) is 0 Å². The first-order valence-corrected chi connectivity index (χ1v) is 11.5. The third-order valence-corrected chi connectivity index (χ3v) is 4.50. The Hall–Kier alpha value is -3.68. The molecule has 0 bridgehead atoms. The Labute approximate surface area is 237 Å². The number of aryl methyl sites for hydroxylation is 2. The van der Waals surface area contributed by atoms with Crippen LogP contribution in [0.1, 0.15) is 33.6 Å². The fourth-order valence-corrected chi connectivity index (χ4v) is 2.84. The number of nitrogens with zero attached hydrogens (tertiary/aromatic N) is 6. The molecule has 0 aliphatic rings. The molecule has 8 nitrogen and oxygen atoms in total. The van der Waals surface area contributed by atoms with Gasteiger partial charge in [0, 0.05) is 61.8 Å². The monoisotopic (exact) mass is 571 g/mol. The van der Waals surface area contributed by atoms with E-state index < -0.39 is 0 Å². The Morgan fingerprint density at radius 1 is 0.703 bits per heavy atom. The molecule has 0 unspecified atom stereocenters. The summed E-state index contributed by atoms with van der Waals surface area (Å²) in [6.07, 6.45) is 11.6. The second kappa shape index (κ2) is 21.6. The topological polar surface area (TPSA) is 114 Å². The van der Waals surface area contributed by atoms with Gasteiger partial charge in [0.1, 0.15) is 0 Å². The fraction of sp³-hybridized carbons (Fsp3) is 0.154. The van der Waals surface area contributed by atoms with Crippen LogP contribution >= 0.6 is 24.4 Å². The molecule has 0 aliphatic heterocycles. The van der Waals surface area contributed by atoms with Crippen molar-refractivity contribution in [1.29, 1.82) is 0 Å². The van der Waals surface area contributed by atoms with Gasteiger partial charge in [-0.25, -0.2) is 9.97 Å². The average Bonchev–Trinajstić information content (AvgIpc) is 3.63. The third kappa shape index (κ3) is 15.1. The molecule has 37 heavy (non-hydrogen) atoms. The third-order valence-electron chi connectivity index (χ3n) is 4.50. The van der Waals surface area contributed by atoms with Gasteiger partial charge in [-0.15, -0.1) is 0 Å². The first kappa shape index (κ1) is 33.3. The van der Waals surface area contributed by atoms with Crippen LogP contribution in [0.3, 0.4) is 0 Å². The molecule has 0 spiro atoms. The van der Waals surface area contributed by atoms with E-state index in [2.05, 4.69) is 34.4 Å². The Bertz CT molecular complexity index is 1110.